The van der Waals surface area contributed by atoms with E-state index in [1.165, 1.54) is 0 Å². The number of nitrogens with zero attached hydrogens (tertiary/aromatic N) is 1. The number of hydrogen-bond donors (Lipinski definition) is 5. The number of carboxylic acid groups (broad SMARTS) is 2. The van der Waals surface area contributed by atoms with Gasteiger partial charge >= 0.3 is 11.9 Å². The highest BCUT2D eigenvalue weighted by molar-refractivity contribution is 6.06. The van der Waals surface area contributed by atoms with Gasteiger partial charge in [0.1, 0.15) is 0 Å². The fourth-order valence-corrected chi connectivity index (χ4v) is 7.23. The van der Waals surface area contributed by atoms with Crippen LogP contribution in [0.25, 0.3) is 6.08 Å². The summed E-state index contributed by atoms with van der Waals surface area (Å²) in [5, 5.41) is 25.2. The summed E-state index contributed by atoms with van der Waals surface area (Å²) < 4.78 is 0. The highest BCUT2D eigenvalue weighted by Gasteiger charge is 2.40. The number of carbonyl (C=O) groups is 4. The minimum absolute atomic E-state index is 0.0237. The number of aliphatic imine (C=N–C) groups is 1. The van der Waals surface area contributed by atoms with Crippen molar-refractivity contribution in [2.75, 3.05) is 0 Å². The predicted octanol–water partition coefficient (Wildman–Crippen LogP) is 4.57. The molecule has 0 bridgehead atoms. The fraction of sp³-hybridized carbons (Fsp3) is 0.606. The smallest absolute Gasteiger partial charge is 0.303 e. The maximum absolute atomic E-state index is 12.5. The van der Waals surface area contributed by atoms with E-state index in [0.717, 1.165) is 52.2 Å². The van der Waals surface area contributed by atoms with Gasteiger partial charge in [-0.15, -0.1) is 0 Å². The Morgan fingerprint density at radius 1 is 0.907 bits per heavy atom. The first-order chi connectivity index (χ1) is 20.4. The van der Waals surface area contributed by atoms with Crippen LogP contribution in [0.15, 0.2) is 21.8 Å². The number of allylic oxidation sites excluding steroid dienone is 2. The highest BCUT2D eigenvalue weighted by Crippen LogP contribution is 2.37. The number of carbonyl (C=O) groups excluding carboxylic acids is 2. The van der Waals surface area contributed by atoms with Gasteiger partial charge in [-0.25, -0.2) is 0 Å². The molecule has 0 saturated carbocycles. The molecule has 0 aromatic carbocycles. The molecule has 0 spiro atoms. The third kappa shape index (κ3) is 6.78. The van der Waals surface area contributed by atoms with Crippen LogP contribution >= 0.6 is 0 Å². The summed E-state index contributed by atoms with van der Waals surface area (Å²) in [6, 6.07) is -0.0650. The molecule has 0 aliphatic carbocycles. The third-order valence-electron chi connectivity index (χ3n) is 10.0. The van der Waals surface area contributed by atoms with Crippen molar-refractivity contribution in [1.82, 2.24) is 15.6 Å². The number of aromatic amines is 1. The lowest BCUT2D eigenvalue weighted by atomic mass is 9.86. The second-order valence-corrected chi connectivity index (χ2v) is 12.5. The quantitative estimate of drug-likeness (QED) is 0.225. The number of hydrogen-bond acceptors (Lipinski definition) is 5. The van der Waals surface area contributed by atoms with E-state index in [9.17, 15) is 29.4 Å². The van der Waals surface area contributed by atoms with Crippen molar-refractivity contribution in [3.63, 3.8) is 0 Å². The summed E-state index contributed by atoms with van der Waals surface area (Å²) in [5.41, 5.74) is 6.85. The van der Waals surface area contributed by atoms with Crippen LogP contribution in [0.2, 0.25) is 0 Å². The molecule has 0 unspecified atom stereocenters. The number of amides is 2. The lowest BCUT2D eigenvalue weighted by molar-refractivity contribution is -0.138. The fourth-order valence-electron chi connectivity index (χ4n) is 7.23. The number of carboxylic acids is 2. The van der Waals surface area contributed by atoms with Gasteiger partial charge in [-0.1, -0.05) is 34.1 Å². The minimum Gasteiger partial charge on any atom is -0.481 e. The summed E-state index contributed by atoms with van der Waals surface area (Å²) in [6.07, 6.45) is 5.30. The van der Waals surface area contributed by atoms with Gasteiger partial charge in [0.15, 0.2) is 0 Å². The van der Waals surface area contributed by atoms with E-state index in [4.69, 9.17) is 4.99 Å². The summed E-state index contributed by atoms with van der Waals surface area (Å²) in [7, 11) is 0. The molecule has 1 aromatic rings. The molecule has 10 heteroatoms. The number of aliphatic carboxylic acids is 2. The molecule has 43 heavy (non-hydrogen) atoms. The lowest BCUT2D eigenvalue weighted by Crippen LogP contribution is -2.31. The molecule has 10 nitrogen and oxygen atoms in total. The predicted molar refractivity (Wildman–Crippen MR) is 165 cm³/mol. The number of nitrogens with one attached hydrogen (secondary N) is 3. The Morgan fingerprint density at radius 2 is 1.56 bits per heavy atom. The monoisotopic (exact) mass is 594 g/mol. The Bertz CT molecular complexity index is 1390. The van der Waals surface area contributed by atoms with Crippen molar-refractivity contribution in [2.45, 2.75) is 105 Å². The van der Waals surface area contributed by atoms with E-state index in [-0.39, 0.29) is 60.4 Å². The molecule has 6 atom stereocenters. The topological polar surface area (TPSA) is 161 Å². The van der Waals surface area contributed by atoms with Gasteiger partial charge in [0, 0.05) is 66.7 Å². The van der Waals surface area contributed by atoms with Crippen LogP contribution in [-0.4, -0.2) is 56.7 Å². The second-order valence-electron chi connectivity index (χ2n) is 12.5. The lowest BCUT2D eigenvalue weighted by Gasteiger charge is -2.19. The van der Waals surface area contributed by atoms with Gasteiger partial charge < -0.3 is 25.8 Å². The van der Waals surface area contributed by atoms with E-state index in [1.807, 2.05) is 33.8 Å². The molecule has 2 saturated heterocycles. The molecule has 1 aromatic heterocycles. The van der Waals surface area contributed by atoms with Crippen LogP contribution in [-0.2, 0) is 32.0 Å². The number of aromatic nitrogens is 1. The Balaban J connectivity index is 1.71. The maximum Gasteiger partial charge on any atom is 0.303 e. The molecule has 3 aliphatic rings. The van der Waals surface area contributed by atoms with Gasteiger partial charge in [0.05, 0.1) is 5.70 Å². The summed E-state index contributed by atoms with van der Waals surface area (Å²) >= 11 is 0. The van der Waals surface area contributed by atoms with E-state index in [2.05, 4.69) is 29.5 Å². The molecular formula is C33H46N4O6. The Hall–Kier alpha value is -3.69. The molecule has 2 fully saturated rings. The molecule has 4 heterocycles. The van der Waals surface area contributed by atoms with Crippen molar-refractivity contribution >= 4 is 35.5 Å². The summed E-state index contributed by atoms with van der Waals surface area (Å²) in [4.78, 5) is 56.5. The van der Waals surface area contributed by atoms with Gasteiger partial charge in [-0.2, -0.15) is 0 Å². The molecule has 3 aliphatic heterocycles. The van der Waals surface area contributed by atoms with Crippen LogP contribution in [0.5, 0.6) is 0 Å². The maximum atomic E-state index is 12.5. The van der Waals surface area contributed by atoms with E-state index in [1.54, 1.807) is 0 Å². The summed E-state index contributed by atoms with van der Waals surface area (Å²) in [5.74, 6) is -1.38. The zero-order valence-electron chi connectivity index (χ0n) is 26.2. The van der Waals surface area contributed by atoms with Crippen molar-refractivity contribution in [3.05, 3.63) is 39.4 Å². The molecule has 234 valence electrons. The van der Waals surface area contributed by atoms with E-state index >= 15 is 0 Å². The van der Waals surface area contributed by atoms with Crippen molar-refractivity contribution < 1.29 is 29.4 Å². The molecule has 5 N–H and O–H groups in total. The second kappa shape index (κ2) is 13.3. The first-order valence-corrected chi connectivity index (χ1v) is 15.6. The zero-order valence-corrected chi connectivity index (χ0v) is 26.2. The van der Waals surface area contributed by atoms with Crippen LogP contribution in [0.3, 0.4) is 0 Å². The first-order valence-electron chi connectivity index (χ1n) is 15.6. The van der Waals surface area contributed by atoms with Crippen molar-refractivity contribution in [2.24, 2.45) is 28.7 Å². The standard InChI is InChI=1S/C33H46N4O6/c1-7-20-19(6)32(42)37-27(20)14-25-18(5)23(10-12-31(40)41)29(35-25)15-28-22(9-11-30(38)39)17(4)24(34-28)13-26-16(3)21(8-2)33(43)36-26/h15-16,19-21,26-27,34H,7-14H2,1-6H3,(H,36,43)(H,37,42)(H,38,39)(H,40,41)/t16-,19-,20-,21+,26-,27+/m1/s1. The third-order valence-corrected chi connectivity index (χ3v) is 10.0. The van der Waals surface area contributed by atoms with Gasteiger partial charge in [-0.3, -0.25) is 24.2 Å². The van der Waals surface area contributed by atoms with E-state index in [0.29, 0.717) is 31.4 Å². The SMILES string of the molecule is CC[C@H]1[C@H](CC2=NC(=Cc3[nH]c(C[C@H]4NC(=O)[C@@H](CC)[C@H]4C)c(C)c3CCC(=O)O)C(CCC(=O)O)=C2C)NC(=O)[C@@H]1C. The van der Waals surface area contributed by atoms with Crippen LogP contribution in [0, 0.1) is 30.6 Å². The normalized spacial score (nSPS) is 28.0. The highest BCUT2D eigenvalue weighted by atomic mass is 16.4. The summed E-state index contributed by atoms with van der Waals surface area (Å²) in [6.45, 7) is 12.1. The zero-order chi connectivity index (χ0) is 31.6. The number of rotatable bonds is 13. The first kappa shape index (κ1) is 32.2. The van der Waals surface area contributed by atoms with Gasteiger partial charge in [-0.05, 0) is 73.3 Å². The molecule has 4 rings (SSSR count). The average molecular weight is 595 g/mol. The van der Waals surface area contributed by atoms with Crippen LogP contribution in [0.4, 0.5) is 0 Å². The Labute approximate surface area is 253 Å². The van der Waals surface area contributed by atoms with Crippen molar-refractivity contribution in [3.8, 4) is 0 Å². The largest absolute Gasteiger partial charge is 0.481 e. The Morgan fingerprint density at radius 3 is 2.16 bits per heavy atom. The molecular weight excluding hydrogens is 548 g/mol. The molecule has 2 amide bonds. The van der Waals surface area contributed by atoms with Crippen molar-refractivity contribution in [1.29, 1.82) is 0 Å². The van der Waals surface area contributed by atoms with Gasteiger partial charge in [0.25, 0.3) is 0 Å². The number of H-pyrrole nitrogens is 1. The molecule has 0 radical (unpaired) electrons. The average Bonchev–Trinajstić information content (AvgIpc) is 3.59. The van der Waals surface area contributed by atoms with Crippen LogP contribution < -0.4 is 10.6 Å². The van der Waals surface area contributed by atoms with Gasteiger partial charge in [0.2, 0.25) is 11.8 Å². The Kier molecular flexibility index (Phi) is 9.97. The minimum atomic E-state index is -0.894. The van der Waals surface area contributed by atoms with Crippen LogP contribution in [0.1, 0.15) is 95.7 Å². The van der Waals surface area contributed by atoms with E-state index < -0.39 is 11.9 Å².